The fourth-order valence-corrected chi connectivity index (χ4v) is 4.27. The number of aromatic nitrogens is 1. The SMILES string of the molecule is CC(C)c1ccc(-n2c(-c3ccc(Cl)cc3)cc3c2CC(C)(C)CC3=O)cc1. The Kier molecular flexibility index (Phi) is 4.71. The Labute approximate surface area is 172 Å². The van der Waals surface area contributed by atoms with Crippen molar-refractivity contribution in [2.45, 2.75) is 46.5 Å². The quantitative estimate of drug-likeness (QED) is 0.467. The van der Waals surface area contributed by atoms with Gasteiger partial charge in [0.1, 0.15) is 0 Å². The van der Waals surface area contributed by atoms with E-state index in [2.05, 4.69) is 62.6 Å². The molecule has 2 nitrogen and oxygen atoms in total. The molecule has 0 radical (unpaired) electrons. The van der Waals surface area contributed by atoms with E-state index in [9.17, 15) is 4.79 Å². The van der Waals surface area contributed by atoms with Crippen LogP contribution in [0.25, 0.3) is 16.9 Å². The summed E-state index contributed by atoms with van der Waals surface area (Å²) in [4.78, 5) is 12.9. The van der Waals surface area contributed by atoms with Gasteiger partial charge in [0.05, 0.1) is 5.69 Å². The number of Topliss-reactive ketones (excluding diaryl/α,β-unsaturated/α-hetero) is 1. The zero-order valence-corrected chi connectivity index (χ0v) is 17.7. The molecule has 0 saturated carbocycles. The van der Waals surface area contributed by atoms with Crippen LogP contribution < -0.4 is 0 Å². The number of carbonyl (C=O) groups excluding carboxylic acids is 1. The van der Waals surface area contributed by atoms with Gasteiger partial charge in [-0.05, 0) is 59.2 Å². The van der Waals surface area contributed by atoms with Crippen molar-refractivity contribution >= 4 is 17.4 Å². The maximum Gasteiger partial charge on any atom is 0.165 e. The minimum Gasteiger partial charge on any atom is -0.313 e. The van der Waals surface area contributed by atoms with Crippen LogP contribution in [-0.4, -0.2) is 10.4 Å². The van der Waals surface area contributed by atoms with Crippen LogP contribution in [0.2, 0.25) is 5.02 Å². The van der Waals surface area contributed by atoms with Gasteiger partial charge in [-0.25, -0.2) is 0 Å². The summed E-state index contributed by atoms with van der Waals surface area (Å²) < 4.78 is 2.27. The first-order valence-corrected chi connectivity index (χ1v) is 10.3. The number of nitrogens with zero attached hydrogens (tertiary/aromatic N) is 1. The number of benzene rings is 2. The second-order valence-corrected chi connectivity index (χ2v) is 9.36. The number of hydrogen-bond acceptors (Lipinski definition) is 1. The van der Waals surface area contributed by atoms with Crippen LogP contribution in [0.15, 0.2) is 54.6 Å². The van der Waals surface area contributed by atoms with Gasteiger partial charge in [-0.1, -0.05) is 63.6 Å². The standard InChI is InChI=1S/C25H26ClNO/c1-16(2)17-7-11-20(12-8-17)27-22(18-5-9-19(26)10-6-18)13-21-23(27)14-25(3,4)15-24(21)28/h5-13,16H,14-15H2,1-4H3. The van der Waals surface area contributed by atoms with Crippen molar-refractivity contribution in [1.82, 2.24) is 4.57 Å². The molecule has 0 atom stereocenters. The Morgan fingerprint density at radius 1 is 0.964 bits per heavy atom. The van der Waals surface area contributed by atoms with Crippen molar-refractivity contribution in [3.05, 3.63) is 76.4 Å². The van der Waals surface area contributed by atoms with E-state index in [1.54, 1.807) is 0 Å². The van der Waals surface area contributed by atoms with Crippen molar-refractivity contribution in [2.24, 2.45) is 5.41 Å². The summed E-state index contributed by atoms with van der Waals surface area (Å²) in [5.41, 5.74) is 6.47. The average molecular weight is 392 g/mol. The van der Waals surface area contributed by atoms with E-state index < -0.39 is 0 Å². The number of carbonyl (C=O) groups is 1. The first kappa shape index (κ1) is 19.0. The van der Waals surface area contributed by atoms with E-state index >= 15 is 0 Å². The molecule has 144 valence electrons. The molecule has 1 heterocycles. The van der Waals surface area contributed by atoms with Gasteiger partial charge in [0.2, 0.25) is 0 Å². The van der Waals surface area contributed by atoms with Gasteiger partial charge in [-0.2, -0.15) is 0 Å². The lowest BCUT2D eigenvalue weighted by Crippen LogP contribution is -2.27. The zero-order chi connectivity index (χ0) is 20.1. The molecule has 28 heavy (non-hydrogen) atoms. The molecular weight excluding hydrogens is 366 g/mol. The highest BCUT2D eigenvalue weighted by molar-refractivity contribution is 6.30. The van der Waals surface area contributed by atoms with E-state index in [4.69, 9.17) is 11.6 Å². The fraction of sp³-hybridized carbons (Fsp3) is 0.320. The Morgan fingerprint density at radius 2 is 1.61 bits per heavy atom. The van der Waals surface area contributed by atoms with E-state index in [0.717, 1.165) is 34.6 Å². The van der Waals surface area contributed by atoms with Gasteiger partial charge >= 0.3 is 0 Å². The molecule has 3 heteroatoms. The van der Waals surface area contributed by atoms with E-state index in [-0.39, 0.29) is 11.2 Å². The van der Waals surface area contributed by atoms with Crippen molar-refractivity contribution < 1.29 is 4.79 Å². The molecule has 0 N–H and O–H groups in total. The molecule has 0 unspecified atom stereocenters. The fourth-order valence-electron chi connectivity index (χ4n) is 4.15. The van der Waals surface area contributed by atoms with Crippen LogP contribution in [0, 0.1) is 5.41 Å². The van der Waals surface area contributed by atoms with Gasteiger partial charge in [0.25, 0.3) is 0 Å². The highest BCUT2D eigenvalue weighted by Crippen LogP contribution is 2.40. The maximum atomic E-state index is 12.9. The lowest BCUT2D eigenvalue weighted by Gasteiger charge is -2.30. The second kappa shape index (κ2) is 6.93. The molecule has 1 aliphatic carbocycles. The van der Waals surface area contributed by atoms with Crippen molar-refractivity contribution in [3.63, 3.8) is 0 Å². The maximum absolute atomic E-state index is 12.9. The minimum absolute atomic E-state index is 0.0324. The molecule has 1 aromatic heterocycles. The smallest absolute Gasteiger partial charge is 0.165 e. The zero-order valence-electron chi connectivity index (χ0n) is 16.9. The predicted molar refractivity (Wildman–Crippen MR) is 117 cm³/mol. The molecule has 2 aromatic carbocycles. The summed E-state index contributed by atoms with van der Waals surface area (Å²) in [7, 11) is 0. The summed E-state index contributed by atoms with van der Waals surface area (Å²) in [5, 5.41) is 0.713. The highest BCUT2D eigenvalue weighted by atomic mass is 35.5. The lowest BCUT2D eigenvalue weighted by molar-refractivity contribution is 0.0911. The van der Waals surface area contributed by atoms with Crippen LogP contribution in [-0.2, 0) is 6.42 Å². The van der Waals surface area contributed by atoms with Gasteiger partial charge in [0.15, 0.2) is 5.78 Å². The first-order valence-electron chi connectivity index (χ1n) is 9.89. The molecule has 0 bridgehead atoms. The Bertz CT molecular complexity index is 1020. The Morgan fingerprint density at radius 3 is 2.21 bits per heavy atom. The summed E-state index contributed by atoms with van der Waals surface area (Å²) >= 11 is 6.10. The first-order chi connectivity index (χ1) is 13.2. The van der Waals surface area contributed by atoms with Gasteiger partial charge in [-0.3, -0.25) is 4.79 Å². The average Bonchev–Trinajstić information content (AvgIpc) is 3.00. The van der Waals surface area contributed by atoms with E-state index in [1.807, 2.05) is 24.3 Å². The Hall–Kier alpha value is -2.32. The van der Waals surface area contributed by atoms with E-state index in [1.165, 1.54) is 5.56 Å². The van der Waals surface area contributed by atoms with Crippen LogP contribution in [0.4, 0.5) is 0 Å². The van der Waals surface area contributed by atoms with Crippen LogP contribution in [0.5, 0.6) is 0 Å². The summed E-state index contributed by atoms with van der Waals surface area (Å²) in [6.45, 7) is 8.75. The molecule has 0 amide bonds. The van der Waals surface area contributed by atoms with Crippen LogP contribution in [0.3, 0.4) is 0 Å². The molecule has 0 spiro atoms. The number of halogens is 1. The molecule has 3 aromatic rings. The normalized spacial score (nSPS) is 15.7. The second-order valence-electron chi connectivity index (χ2n) is 8.92. The third-order valence-electron chi connectivity index (χ3n) is 5.65. The molecule has 0 aliphatic heterocycles. The number of rotatable bonds is 3. The molecule has 1 aliphatic rings. The minimum atomic E-state index is -0.0324. The summed E-state index contributed by atoms with van der Waals surface area (Å²) in [5.74, 6) is 0.725. The highest BCUT2D eigenvalue weighted by Gasteiger charge is 2.35. The third-order valence-corrected chi connectivity index (χ3v) is 5.90. The predicted octanol–water partition coefficient (Wildman–Crippen LogP) is 7.08. The van der Waals surface area contributed by atoms with Crippen molar-refractivity contribution in [1.29, 1.82) is 0 Å². The topological polar surface area (TPSA) is 22.0 Å². The van der Waals surface area contributed by atoms with Crippen LogP contribution in [0.1, 0.15) is 61.6 Å². The van der Waals surface area contributed by atoms with Gasteiger partial charge in [0, 0.05) is 28.4 Å². The number of fused-ring (bicyclic) bond motifs is 1. The number of hydrogen-bond donors (Lipinski definition) is 0. The van der Waals surface area contributed by atoms with Crippen molar-refractivity contribution in [2.75, 3.05) is 0 Å². The molecule has 0 saturated heterocycles. The summed E-state index contributed by atoms with van der Waals surface area (Å²) in [6.07, 6.45) is 1.48. The molecule has 4 rings (SSSR count). The van der Waals surface area contributed by atoms with E-state index in [0.29, 0.717) is 17.4 Å². The Balaban J connectivity index is 1.94. The van der Waals surface area contributed by atoms with Gasteiger partial charge < -0.3 is 4.57 Å². The monoisotopic (exact) mass is 391 g/mol. The summed E-state index contributed by atoms with van der Waals surface area (Å²) in [6, 6.07) is 18.6. The van der Waals surface area contributed by atoms with Gasteiger partial charge in [-0.15, -0.1) is 0 Å². The number of ketones is 1. The van der Waals surface area contributed by atoms with Crippen molar-refractivity contribution in [3.8, 4) is 16.9 Å². The molecular formula is C25H26ClNO. The lowest BCUT2D eigenvalue weighted by atomic mass is 9.76. The largest absolute Gasteiger partial charge is 0.313 e. The third kappa shape index (κ3) is 3.42. The molecule has 0 fully saturated rings. The van der Waals surface area contributed by atoms with Crippen LogP contribution >= 0.6 is 11.6 Å².